The van der Waals surface area contributed by atoms with Crippen LogP contribution < -0.4 is 21.4 Å². The Morgan fingerprint density at radius 1 is 1.26 bits per heavy atom. The number of carbonyl (C=O) groups excluding carboxylic acids is 1. The predicted molar refractivity (Wildman–Crippen MR) is 128 cm³/mol. The Morgan fingerprint density at radius 2 is 2.06 bits per heavy atom. The van der Waals surface area contributed by atoms with Gasteiger partial charge in [-0.05, 0) is 30.7 Å². The molecule has 1 aliphatic heterocycles. The number of aromatic nitrogens is 4. The second-order valence-corrected chi connectivity index (χ2v) is 8.77. The molecule has 5 rings (SSSR count). The lowest BCUT2D eigenvalue weighted by molar-refractivity contribution is -0.120. The quantitative estimate of drug-likeness (QED) is 0.390. The number of hydrogen-bond donors (Lipinski definition) is 3. The van der Waals surface area contributed by atoms with Crippen molar-refractivity contribution in [3.05, 3.63) is 63.4 Å². The molecule has 4 aromatic rings. The number of thiazole rings is 1. The zero-order valence-electron chi connectivity index (χ0n) is 17.9. The summed E-state index contributed by atoms with van der Waals surface area (Å²) in [6.45, 7) is 2.60. The first-order valence-corrected chi connectivity index (χ1v) is 11.2. The van der Waals surface area contributed by atoms with Crippen molar-refractivity contribution >= 4 is 51.7 Å². The van der Waals surface area contributed by atoms with Crippen molar-refractivity contribution in [3.8, 4) is 5.13 Å². The molecule has 12 heteroatoms. The van der Waals surface area contributed by atoms with Crippen LogP contribution in [-0.2, 0) is 4.79 Å². The van der Waals surface area contributed by atoms with Gasteiger partial charge in [0, 0.05) is 30.9 Å². The molecule has 4 N–H and O–H groups in total. The van der Waals surface area contributed by atoms with Crippen LogP contribution in [-0.4, -0.2) is 49.6 Å². The van der Waals surface area contributed by atoms with Crippen LogP contribution in [0.4, 0.5) is 17.5 Å². The van der Waals surface area contributed by atoms with Crippen molar-refractivity contribution in [1.29, 1.82) is 0 Å². The minimum atomic E-state index is -1.31. The first-order valence-electron chi connectivity index (χ1n) is 10.3. The van der Waals surface area contributed by atoms with Crippen LogP contribution in [0.3, 0.4) is 0 Å². The molecule has 0 atom stereocenters. The van der Waals surface area contributed by atoms with Crippen molar-refractivity contribution in [2.45, 2.75) is 6.92 Å². The molecule has 1 fully saturated rings. The third-order valence-corrected chi connectivity index (χ3v) is 6.37. The number of fused-ring (bicyclic) bond motifs is 1. The average molecular weight is 478 g/mol. The van der Waals surface area contributed by atoms with E-state index in [1.165, 1.54) is 22.1 Å². The number of hydrogen-bond acceptors (Lipinski definition) is 9. The van der Waals surface area contributed by atoms with E-state index in [2.05, 4.69) is 20.3 Å². The molecule has 0 radical (unpaired) electrons. The second-order valence-electron chi connectivity index (χ2n) is 7.90. The summed E-state index contributed by atoms with van der Waals surface area (Å²) in [5.41, 5.74) is 5.62. The van der Waals surface area contributed by atoms with Crippen LogP contribution in [0.1, 0.15) is 15.9 Å². The SMILES string of the molecule is Cc1cc(N2CC(C(=O)Nc3cccc(N)n3)C2)nc2c1c(=O)c(C(=O)O)cn2-c1nccs1. The monoisotopic (exact) mass is 477 g/mol. The summed E-state index contributed by atoms with van der Waals surface area (Å²) in [7, 11) is 0. The van der Waals surface area contributed by atoms with Crippen LogP contribution in [0, 0.1) is 12.8 Å². The number of carboxylic acids is 1. The molecule has 0 spiro atoms. The van der Waals surface area contributed by atoms with Gasteiger partial charge in [0.2, 0.25) is 11.3 Å². The van der Waals surface area contributed by atoms with Gasteiger partial charge in [-0.3, -0.25) is 14.2 Å². The minimum Gasteiger partial charge on any atom is -0.477 e. The number of nitrogen functional groups attached to an aromatic ring is 1. The smallest absolute Gasteiger partial charge is 0.341 e. The van der Waals surface area contributed by atoms with Crippen LogP contribution in [0.2, 0.25) is 0 Å². The lowest BCUT2D eigenvalue weighted by Gasteiger charge is -2.39. The number of rotatable bonds is 5. The predicted octanol–water partition coefficient (Wildman–Crippen LogP) is 1.90. The fourth-order valence-electron chi connectivity index (χ4n) is 3.85. The summed E-state index contributed by atoms with van der Waals surface area (Å²) >= 11 is 1.30. The maximum absolute atomic E-state index is 12.9. The molecule has 11 nitrogen and oxygen atoms in total. The molecule has 1 saturated heterocycles. The van der Waals surface area contributed by atoms with E-state index in [-0.39, 0.29) is 22.8 Å². The molecular weight excluding hydrogens is 458 g/mol. The zero-order chi connectivity index (χ0) is 24.0. The van der Waals surface area contributed by atoms with Gasteiger partial charge in [0.05, 0.1) is 11.3 Å². The van der Waals surface area contributed by atoms with Crippen LogP contribution in [0.15, 0.2) is 46.8 Å². The average Bonchev–Trinajstić information content (AvgIpc) is 3.27. The van der Waals surface area contributed by atoms with Crippen molar-refractivity contribution in [2.24, 2.45) is 5.92 Å². The number of nitrogens with one attached hydrogen (secondary N) is 1. The third kappa shape index (κ3) is 3.73. The molecule has 0 aromatic carbocycles. The van der Waals surface area contributed by atoms with E-state index in [1.807, 2.05) is 4.90 Å². The summed E-state index contributed by atoms with van der Waals surface area (Å²) in [5, 5.41) is 14.8. The Labute approximate surface area is 196 Å². The first-order chi connectivity index (χ1) is 16.3. The molecule has 0 aliphatic carbocycles. The zero-order valence-corrected chi connectivity index (χ0v) is 18.7. The number of aryl methyl sites for hydroxylation is 1. The molecule has 0 unspecified atom stereocenters. The van der Waals surface area contributed by atoms with Crippen molar-refractivity contribution < 1.29 is 14.7 Å². The van der Waals surface area contributed by atoms with Gasteiger partial charge in [-0.25, -0.2) is 19.7 Å². The highest BCUT2D eigenvalue weighted by Crippen LogP contribution is 2.29. The van der Waals surface area contributed by atoms with E-state index < -0.39 is 11.4 Å². The Balaban J connectivity index is 1.46. The highest BCUT2D eigenvalue weighted by Gasteiger charge is 2.34. The number of pyridine rings is 3. The Kier molecular flexibility index (Phi) is 5.21. The van der Waals surface area contributed by atoms with Gasteiger partial charge in [0.25, 0.3) is 0 Å². The first kappa shape index (κ1) is 21.5. The highest BCUT2D eigenvalue weighted by atomic mass is 32.1. The van der Waals surface area contributed by atoms with Gasteiger partial charge < -0.3 is 21.1 Å². The molecule has 0 bridgehead atoms. The van der Waals surface area contributed by atoms with Gasteiger partial charge in [0.15, 0.2) is 10.8 Å². The molecule has 4 aromatic heterocycles. The Morgan fingerprint density at radius 3 is 2.74 bits per heavy atom. The van der Waals surface area contributed by atoms with E-state index in [0.29, 0.717) is 46.9 Å². The van der Waals surface area contributed by atoms with Gasteiger partial charge in [0.1, 0.15) is 23.0 Å². The van der Waals surface area contributed by atoms with Gasteiger partial charge in [-0.2, -0.15) is 0 Å². The third-order valence-electron chi connectivity index (χ3n) is 5.60. The summed E-state index contributed by atoms with van der Waals surface area (Å²) < 4.78 is 1.52. The molecule has 1 amide bonds. The summed E-state index contributed by atoms with van der Waals surface area (Å²) in [6.07, 6.45) is 2.85. The maximum Gasteiger partial charge on any atom is 0.341 e. The number of carboxylic acid groups (broad SMARTS) is 1. The standard InChI is InChI=1S/C22H19N7O4S/c1-11-7-16(28-8-12(9-28)20(31)26-15-4-2-3-14(23)25-15)27-19-17(11)18(30)13(21(32)33)10-29(19)22-24-5-6-34-22/h2-7,10,12H,8-9H2,1H3,(H,32,33)(H3,23,25,26,31). The van der Waals surface area contributed by atoms with Gasteiger partial charge in [-0.1, -0.05) is 6.07 Å². The maximum atomic E-state index is 12.9. The molecule has 34 heavy (non-hydrogen) atoms. The molecule has 172 valence electrons. The number of aromatic carboxylic acids is 1. The largest absolute Gasteiger partial charge is 0.477 e. The van der Waals surface area contributed by atoms with Crippen LogP contribution >= 0.6 is 11.3 Å². The van der Waals surface area contributed by atoms with E-state index in [4.69, 9.17) is 5.73 Å². The number of nitrogens with two attached hydrogens (primary N) is 1. The minimum absolute atomic E-state index is 0.169. The molecule has 1 aliphatic rings. The van der Waals surface area contributed by atoms with Crippen LogP contribution in [0.5, 0.6) is 0 Å². The molecular formula is C22H19N7O4S. The summed E-state index contributed by atoms with van der Waals surface area (Å²) in [5.74, 6) is -0.448. The summed E-state index contributed by atoms with van der Waals surface area (Å²) in [6, 6.07) is 6.75. The topological polar surface area (TPSA) is 156 Å². The highest BCUT2D eigenvalue weighted by molar-refractivity contribution is 7.12. The second kappa shape index (κ2) is 8.23. The van der Waals surface area contributed by atoms with Crippen molar-refractivity contribution in [3.63, 3.8) is 0 Å². The number of nitrogens with zero attached hydrogens (tertiary/aromatic N) is 5. The molecule has 0 saturated carbocycles. The van der Waals surface area contributed by atoms with Gasteiger partial charge >= 0.3 is 5.97 Å². The van der Waals surface area contributed by atoms with E-state index in [1.54, 1.807) is 42.8 Å². The van der Waals surface area contributed by atoms with E-state index in [9.17, 15) is 19.5 Å². The van der Waals surface area contributed by atoms with E-state index in [0.717, 1.165) is 0 Å². The van der Waals surface area contributed by atoms with Crippen LogP contribution in [0.25, 0.3) is 16.2 Å². The number of amides is 1. The number of carbonyl (C=O) groups is 2. The Hall–Kier alpha value is -4.32. The number of anilines is 3. The van der Waals surface area contributed by atoms with Gasteiger partial charge in [-0.15, -0.1) is 11.3 Å². The van der Waals surface area contributed by atoms with Crippen molar-refractivity contribution in [1.82, 2.24) is 19.5 Å². The molecule has 5 heterocycles. The Bertz CT molecular complexity index is 1490. The summed E-state index contributed by atoms with van der Waals surface area (Å²) in [4.78, 5) is 52.0. The normalized spacial score (nSPS) is 13.6. The fraction of sp³-hybridized carbons (Fsp3) is 0.182. The van der Waals surface area contributed by atoms with E-state index >= 15 is 0 Å². The van der Waals surface area contributed by atoms with Crippen molar-refractivity contribution in [2.75, 3.05) is 29.0 Å². The lowest BCUT2D eigenvalue weighted by Crippen LogP contribution is -2.52. The fourth-order valence-corrected chi connectivity index (χ4v) is 4.47. The lowest BCUT2D eigenvalue weighted by atomic mass is 9.98.